The first-order valence-corrected chi connectivity index (χ1v) is 7.62. The van der Waals surface area contributed by atoms with E-state index in [4.69, 9.17) is 26.8 Å². The third-order valence-electron chi connectivity index (χ3n) is 3.03. The molecule has 2 aromatic carbocycles. The van der Waals surface area contributed by atoms with Crippen molar-refractivity contribution in [1.29, 1.82) is 0 Å². The van der Waals surface area contributed by atoms with Crippen molar-refractivity contribution in [3.8, 4) is 11.5 Å². The van der Waals surface area contributed by atoms with Crippen molar-refractivity contribution in [2.45, 2.75) is 6.61 Å². The minimum atomic E-state index is -0.442. The molecule has 0 aliphatic heterocycles. The van der Waals surface area contributed by atoms with Gasteiger partial charge in [-0.2, -0.15) is 5.10 Å². The number of nitrogens with one attached hydrogen (secondary N) is 1. The van der Waals surface area contributed by atoms with Gasteiger partial charge in [-0.05, 0) is 36.5 Å². The molecule has 0 aliphatic rings. The maximum Gasteiger partial charge on any atom is 0.184 e. The van der Waals surface area contributed by atoms with Crippen molar-refractivity contribution in [3.63, 3.8) is 0 Å². The third-order valence-corrected chi connectivity index (χ3v) is 3.48. The molecule has 0 unspecified atom stereocenters. The summed E-state index contributed by atoms with van der Waals surface area (Å²) in [5.74, 6) is 0.428. The smallest absolute Gasteiger partial charge is 0.184 e. The van der Waals surface area contributed by atoms with E-state index in [2.05, 4.69) is 22.7 Å². The van der Waals surface area contributed by atoms with E-state index in [-0.39, 0.29) is 22.3 Å². The second-order valence-electron chi connectivity index (χ2n) is 4.60. The molecule has 24 heavy (non-hydrogen) atoms. The zero-order valence-corrected chi connectivity index (χ0v) is 14.3. The van der Waals surface area contributed by atoms with Crippen LogP contribution in [-0.2, 0) is 6.61 Å². The van der Waals surface area contributed by atoms with Crippen molar-refractivity contribution < 1.29 is 13.9 Å². The highest BCUT2D eigenvalue weighted by molar-refractivity contribution is 7.80. The number of hydrogen-bond donors (Lipinski definition) is 2. The first-order chi connectivity index (χ1) is 11.5. The van der Waals surface area contributed by atoms with Crippen molar-refractivity contribution in [1.82, 2.24) is 5.43 Å². The fourth-order valence-corrected chi connectivity index (χ4v) is 2.20. The molecule has 0 saturated heterocycles. The number of hydrazone groups is 1. The molecule has 3 N–H and O–H groups in total. The van der Waals surface area contributed by atoms with Crippen molar-refractivity contribution in [2.75, 3.05) is 7.11 Å². The summed E-state index contributed by atoms with van der Waals surface area (Å²) in [5.41, 5.74) is 8.63. The van der Waals surface area contributed by atoms with Gasteiger partial charge in [-0.1, -0.05) is 23.7 Å². The van der Waals surface area contributed by atoms with Crippen LogP contribution in [0.3, 0.4) is 0 Å². The summed E-state index contributed by atoms with van der Waals surface area (Å²) in [6, 6.07) is 9.69. The van der Waals surface area contributed by atoms with Gasteiger partial charge >= 0.3 is 0 Å². The highest BCUT2D eigenvalue weighted by atomic mass is 35.5. The molecule has 0 aromatic heterocycles. The quantitative estimate of drug-likeness (QED) is 0.466. The molecule has 0 saturated carbocycles. The highest BCUT2D eigenvalue weighted by Gasteiger charge is 2.13. The summed E-state index contributed by atoms with van der Waals surface area (Å²) in [4.78, 5) is 0. The van der Waals surface area contributed by atoms with Crippen LogP contribution >= 0.6 is 23.8 Å². The maximum absolute atomic E-state index is 13.9. The topological polar surface area (TPSA) is 68.9 Å². The molecule has 2 aromatic rings. The van der Waals surface area contributed by atoms with Gasteiger partial charge in [0.15, 0.2) is 16.6 Å². The number of nitrogens with two attached hydrogens (primary N) is 1. The van der Waals surface area contributed by atoms with Crippen LogP contribution in [0.15, 0.2) is 41.5 Å². The lowest BCUT2D eigenvalue weighted by Gasteiger charge is -2.14. The number of hydrogen-bond acceptors (Lipinski definition) is 4. The number of methoxy groups -OCH3 is 1. The van der Waals surface area contributed by atoms with E-state index in [0.29, 0.717) is 17.1 Å². The van der Waals surface area contributed by atoms with E-state index in [9.17, 15) is 4.39 Å². The van der Waals surface area contributed by atoms with Gasteiger partial charge in [0.05, 0.1) is 18.3 Å². The Morgan fingerprint density at radius 3 is 2.79 bits per heavy atom. The van der Waals surface area contributed by atoms with E-state index < -0.39 is 5.82 Å². The van der Waals surface area contributed by atoms with Crippen LogP contribution in [0.5, 0.6) is 11.5 Å². The lowest BCUT2D eigenvalue weighted by molar-refractivity contribution is 0.279. The van der Waals surface area contributed by atoms with Crippen molar-refractivity contribution in [3.05, 3.63) is 58.4 Å². The van der Waals surface area contributed by atoms with Gasteiger partial charge in [0.1, 0.15) is 12.4 Å². The molecule has 2 rings (SSSR count). The Morgan fingerprint density at radius 2 is 2.12 bits per heavy atom. The summed E-state index contributed by atoms with van der Waals surface area (Å²) in [6.45, 7) is -0.0601. The van der Waals surface area contributed by atoms with Gasteiger partial charge in [-0.15, -0.1) is 0 Å². The van der Waals surface area contributed by atoms with Crippen molar-refractivity contribution in [2.24, 2.45) is 10.8 Å². The van der Waals surface area contributed by atoms with E-state index >= 15 is 0 Å². The molecule has 0 aliphatic carbocycles. The molecule has 0 heterocycles. The average molecular weight is 368 g/mol. The first-order valence-electron chi connectivity index (χ1n) is 6.84. The summed E-state index contributed by atoms with van der Waals surface area (Å²) in [6.07, 6.45) is 1.47. The summed E-state index contributed by atoms with van der Waals surface area (Å²) < 4.78 is 24.9. The Kier molecular flexibility index (Phi) is 6.34. The average Bonchev–Trinajstić information content (AvgIpc) is 2.54. The summed E-state index contributed by atoms with van der Waals surface area (Å²) in [5, 5.41) is 4.21. The molecular weight excluding hydrogens is 353 g/mol. The Bertz CT molecular complexity index is 751. The van der Waals surface area contributed by atoms with Crippen LogP contribution < -0.4 is 20.6 Å². The highest BCUT2D eigenvalue weighted by Crippen LogP contribution is 2.31. The number of para-hydroxylation sites is 1. The number of halogens is 2. The maximum atomic E-state index is 13.9. The van der Waals surface area contributed by atoms with E-state index in [0.717, 1.165) is 0 Å². The molecule has 0 amide bonds. The Balaban J connectivity index is 2.27. The van der Waals surface area contributed by atoms with Gasteiger partial charge in [0, 0.05) is 11.1 Å². The number of ether oxygens (including phenoxy) is 2. The van der Waals surface area contributed by atoms with Crippen LogP contribution in [0.1, 0.15) is 11.1 Å². The zero-order chi connectivity index (χ0) is 17.5. The van der Waals surface area contributed by atoms with Crippen LogP contribution in [0.4, 0.5) is 4.39 Å². The molecule has 0 atom stereocenters. The van der Waals surface area contributed by atoms with E-state index in [1.165, 1.54) is 25.5 Å². The largest absolute Gasteiger partial charge is 0.493 e. The number of rotatable bonds is 6. The molecule has 0 spiro atoms. The van der Waals surface area contributed by atoms with E-state index in [1.807, 2.05) is 0 Å². The van der Waals surface area contributed by atoms with Crippen LogP contribution in [0.2, 0.25) is 5.02 Å². The zero-order valence-electron chi connectivity index (χ0n) is 12.8. The molecular formula is C16H15ClFN3O2S. The molecule has 0 bridgehead atoms. The Morgan fingerprint density at radius 1 is 1.38 bits per heavy atom. The number of benzene rings is 2. The standard InChI is InChI=1S/C16H15ClFN3O2S/c1-22-14-7-2-4-10(8-20-21-16(19)24)15(14)23-9-11-12(17)5-3-6-13(11)18/h2-8H,9H2,1H3,(H3,19,21,24)/b20-8-. The second-order valence-corrected chi connectivity index (χ2v) is 5.45. The Hall–Kier alpha value is -2.38. The normalized spacial score (nSPS) is 10.6. The van der Waals surface area contributed by atoms with Gasteiger partial charge in [-0.25, -0.2) is 4.39 Å². The summed E-state index contributed by atoms with van der Waals surface area (Å²) in [7, 11) is 1.51. The predicted molar refractivity (Wildman–Crippen MR) is 96.3 cm³/mol. The van der Waals surface area contributed by atoms with Gasteiger partial charge in [0.25, 0.3) is 0 Å². The first kappa shape index (κ1) is 18.0. The summed E-state index contributed by atoms with van der Waals surface area (Å²) >= 11 is 10.7. The molecule has 8 heteroatoms. The third kappa shape index (κ3) is 4.56. The van der Waals surface area contributed by atoms with Crippen LogP contribution in [0.25, 0.3) is 0 Å². The molecule has 0 fully saturated rings. The van der Waals surface area contributed by atoms with Crippen molar-refractivity contribution >= 4 is 35.1 Å². The lowest BCUT2D eigenvalue weighted by atomic mass is 10.2. The monoisotopic (exact) mass is 367 g/mol. The predicted octanol–water partition coefficient (Wildman–Crippen LogP) is 3.23. The minimum absolute atomic E-state index is 0.0368. The molecule has 0 radical (unpaired) electrons. The fraction of sp³-hybridized carbons (Fsp3) is 0.125. The van der Waals surface area contributed by atoms with Gasteiger partial charge in [0.2, 0.25) is 0 Å². The number of thiocarbonyl (C=S) groups is 1. The van der Waals surface area contributed by atoms with Gasteiger partial charge < -0.3 is 15.2 Å². The number of nitrogens with zero attached hydrogens (tertiary/aromatic N) is 1. The minimum Gasteiger partial charge on any atom is -0.493 e. The van der Waals surface area contributed by atoms with Gasteiger partial charge in [-0.3, -0.25) is 5.43 Å². The SMILES string of the molecule is COc1cccc(/C=N\NC(N)=S)c1OCc1c(F)cccc1Cl. The molecule has 5 nitrogen and oxygen atoms in total. The van der Waals surface area contributed by atoms with Crippen LogP contribution in [-0.4, -0.2) is 18.4 Å². The fourth-order valence-electron chi connectivity index (χ4n) is 1.93. The lowest BCUT2D eigenvalue weighted by Crippen LogP contribution is -2.24. The molecule has 126 valence electrons. The Labute approximate surface area is 149 Å². The van der Waals surface area contributed by atoms with Crippen LogP contribution in [0, 0.1) is 5.82 Å². The second kappa shape index (κ2) is 8.47. The van der Waals surface area contributed by atoms with E-state index in [1.54, 1.807) is 24.3 Å².